The first-order valence-electron chi connectivity index (χ1n) is 7.36. The minimum atomic E-state index is -0.431. The molecule has 1 aliphatic heterocycles. The molecule has 0 spiro atoms. The normalized spacial score (nSPS) is 17.2. The maximum Gasteiger partial charge on any atom is 0.319 e. The molecule has 0 radical (unpaired) electrons. The third kappa shape index (κ3) is 3.42. The van der Waals surface area contributed by atoms with Crippen molar-refractivity contribution in [2.24, 2.45) is 0 Å². The Morgan fingerprint density at radius 2 is 2.39 bits per heavy atom. The van der Waals surface area contributed by atoms with Gasteiger partial charge in [-0.3, -0.25) is 4.98 Å². The standard InChI is InChI=1S/C15H18N4O4/c1-22-12-5-4-10-13(19-12)14(20)11(8-16-10)18-15(21)17-7-9-3-2-6-23-9/h4-5,8-9H,2-3,6-7H2,1H3,(H,16,20)(H2,17,18,21). The lowest BCUT2D eigenvalue weighted by Gasteiger charge is -2.13. The van der Waals surface area contributed by atoms with Crippen molar-refractivity contribution in [3.63, 3.8) is 0 Å². The molecule has 2 aromatic heterocycles. The number of methoxy groups -OCH3 is 1. The van der Waals surface area contributed by atoms with Gasteiger partial charge in [-0.1, -0.05) is 0 Å². The van der Waals surface area contributed by atoms with E-state index >= 15 is 0 Å². The van der Waals surface area contributed by atoms with Crippen LogP contribution in [0.1, 0.15) is 12.8 Å². The van der Waals surface area contributed by atoms with Crippen LogP contribution in [0.2, 0.25) is 0 Å². The predicted octanol–water partition coefficient (Wildman–Crippen LogP) is 1.64. The number of nitrogens with one attached hydrogen (secondary N) is 2. The molecule has 23 heavy (non-hydrogen) atoms. The molecule has 2 amide bonds. The summed E-state index contributed by atoms with van der Waals surface area (Å²) in [5, 5.41) is 15.5. The van der Waals surface area contributed by atoms with E-state index in [0.717, 1.165) is 19.4 Å². The van der Waals surface area contributed by atoms with Crippen molar-refractivity contribution >= 4 is 22.8 Å². The number of aromatic nitrogens is 2. The highest BCUT2D eigenvalue weighted by molar-refractivity contribution is 5.95. The number of rotatable bonds is 4. The van der Waals surface area contributed by atoms with Crippen molar-refractivity contribution in [1.82, 2.24) is 15.3 Å². The maximum atomic E-state index is 11.9. The molecule has 0 saturated carbocycles. The molecule has 3 heterocycles. The highest BCUT2D eigenvalue weighted by atomic mass is 16.5. The third-order valence-electron chi connectivity index (χ3n) is 3.63. The van der Waals surface area contributed by atoms with Gasteiger partial charge in [-0.25, -0.2) is 9.78 Å². The zero-order valence-electron chi connectivity index (χ0n) is 12.7. The summed E-state index contributed by atoms with van der Waals surface area (Å²) in [5.74, 6) is 0.204. The van der Waals surface area contributed by atoms with Crippen molar-refractivity contribution in [2.45, 2.75) is 18.9 Å². The zero-order valence-corrected chi connectivity index (χ0v) is 12.7. The van der Waals surface area contributed by atoms with E-state index in [0.29, 0.717) is 17.9 Å². The molecule has 0 bridgehead atoms. The first-order valence-corrected chi connectivity index (χ1v) is 7.36. The molecule has 0 aliphatic carbocycles. The van der Waals surface area contributed by atoms with Gasteiger partial charge in [0.25, 0.3) is 0 Å². The third-order valence-corrected chi connectivity index (χ3v) is 3.63. The fourth-order valence-corrected chi connectivity index (χ4v) is 2.42. The lowest BCUT2D eigenvalue weighted by molar-refractivity contribution is 0.112. The largest absolute Gasteiger partial charge is 0.504 e. The number of fused-ring (bicyclic) bond motifs is 1. The number of hydrogen-bond donors (Lipinski definition) is 3. The molecule has 1 atom stereocenters. The highest BCUT2D eigenvalue weighted by Gasteiger charge is 2.17. The topological polar surface area (TPSA) is 106 Å². The summed E-state index contributed by atoms with van der Waals surface area (Å²) in [6.07, 6.45) is 3.39. The number of hydrogen-bond acceptors (Lipinski definition) is 6. The lowest BCUT2D eigenvalue weighted by Crippen LogP contribution is -2.35. The monoisotopic (exact) mass is 318 g/mol. The molecule has 3 rings (SSSR count). The number of pyridine rings is 2. The molecule has 2 aromatic rings. The van der Waals surface area contributed by atoms with E-state index < -0.39 is 6.03 Å². The van der Waals surface area contributed by atoms with Gasteiger partial charge in [0.2, 0.25) is 5.88 Å². The molecule has 3 N–H and O–H groups in total. The summed E-state index contributed by atoms with van der Waals surface area (Å²) in [7, 11) is 1.49. The van der Waals surface area contributed by atoms with Crippen molar-refractivity contribution in [2.75, 3.05) is 25.6 Å². The van der Waals surface area contributed by atoms with Gasteiger partial charge in [-0.15, -0.1) is 0 Å². The second-order valence-corrected chi connectivity index (χ2v) is 5.21. The molecule has 1 unspecified atom stereocenters. The molecule has 1 fully saturated rings. The van der Waals surface area contributed by atoms with Crippen LogP contribution in [0.15, 0.2) is 18.3 Å². The molecule has 1 saturated heterocycles. The quantitative estimate of drug-likeness (QED) is 0.791. The summed E-state index contributed by atoms with van der Waals surface area (Å²) < 4.78 is 10.5. The van der Waals surface area contributed by atoms with Crippen molar-refractivity contribution in [3.8, 4) is 11.6 Å². The first kappa shape index (κ1) is 15.3. The van der Waals surface area contributed by atoms with Crippen LogP contribution in [-0.4, -0.2) is 47.5 Å². The van der Waals surface area contributed by atoms with Crippen LogP contribution in [0.3, 0.4) is 0 Å². The number of carbonyl (C=O) groups excluding carboxylic acids is 1. The number of urea groups is 1. The van der Waals surface area contributed by atoms with E-state index in [1.54, 1.807) is 12.1 Å². The van der Waals surface area contributed by atoms with Crippen LogP contribution < -0.4 is 15.4 Å². The summed E-state index contributed by atoms with van der Waals surface area (Å²) in [5.41, 5.74) is 0.956. The van der Waals surface area contributed by atoms with Crippen LogP contribution in [-0.2, 0) is 4.74 Å². The van der Waals surface area contributed by atoms with Crippen LogP contribution in [0.25, 0.3) is 11.0 Å². The van der Waals surface area contributed by atoms with Crippen LogP contribution in [0, 0.1) is 0 Å². The van der Waals surface area contributed by atoms with Crippen molar-refractivity contribution in [3.05, 3.63) is 18.3 Å². The van der Waals surface area contributed by atoms with E-state index in [1.165, 1.54) is 13.3 Å². The number of nitrogens with zero attached hydrogens (tertiary/aromatic N) is 2. The zero-order chi connectivity index (χ0) is 16.2. The van der Waals surface area contributed by atoms with Crippen molar-refractivity contribution < 1.29 is 19.4 Å². The summed E-state index contributed by atoms with van der Waals surface area (Å²) in [6, 6.07) is 2.90. The Kier molecular flexibility index (Phi) is 4.42. The maximum absolute atomic E-state index is 11.9. The van der Waals surface area contributed by atoms with Gasteiger partial charge >= 0.3 is 6.03 Å². The molecule has 8 heteroatoms. The number of ether oxygens (including phenoxy) is 2. The minimum Gasteiger partial charge on any atom is -0.504 e. The fourth-order valence-electron chi connectivity index (χ4n) is 2.42. The second kappa shape index (κ2) is 6.66. The van der Waals surface area contributed by atoms with Gasteiger partial charge < -0.3 is 25.2 Å². The summed E-state index contributed by atoms with van der Waals surface area (Å²) in [4.78, 5) is 20.2. The van der Waals surface area contributed by atoms with E-state index in [-0.39, 0.29) is 23.1 Å². The summed E-state index contributed by atoms with van der Waals surface area (Å²) in [6.45, 7) is 1.16. The molecule has 1 aliphatic rings. The predicted molar refractivity (Wildman–Crippen MR) is 83.8 cm³/mol. The number of carbonyl (C=O) groups is 1. The van der Waals surface area contributed by atoms with Gasteiger partial charge in [0, 0.05) is 19.2 Å². The molecule has 122 valence electrons. The first-order chi connectivity index (χ1) is 11.2. The van der Waals surface area contributed by atoms with Gasteiger partial charge in [0.15, 0.2) is 5.75 Å². The van der Waals surface area contributed by atoms with Gasteiger partial charge in [-0.2, -0.15) is 0 Å². The lowest BCUT2D eigenvalue weighted by atomic mass is 10.2. The average Bonchev–Trinajstić information content (AvgIpc) is 3.09. The van der Waals surface area contributed by atoms with E-state index in [2.05, 4.69) is 20.6 Å². The van der Waals surface area contributed by atoms with E-state index in [9.17, 15) is 9.90 Å². The van der Waals surface area contributed by atoms with Crippen molar-refractivity contribution in [1.29, 1.82) is 0 Å². The highest BCUT2D eigenvalue weighted by Crippen LogP contribution is 2.30. The van der Waals surface area contributed by atoms with Gasteiger partial charge in [0.05, 0.1) is 24.9 Å². The van der Waals surface area contributed by atoms with Crippen LogP contribution >= 0.6 is 0 Å². The second-order valence-electron chi connectivity index (χ2n) is 5.21. The minimum absolute atomic E-state index is 0.0509. The number of aromatic hydroxyl groups is 1. The Bertz CT molecular complexity index is 716. The Balaban J connectivity index is 1.71. The Morgan fingerprint density at radius 1 is 1.52 bits per heavy atom. The SMILES string of the molecule is COc1ccc2ncc(NC(=O)NCC3CCCO3)c(O)c2n1. The van der Waals surface area contributed by atoms with E-state index in [4.69, 9.17) is 9.47 Å². The van der Waals surface area contributed by atoms with Crippen LogP contribution in [0.5, 0.6) is 11.6 Å². The Hall–Kier alpha value is -2.61. The Morgan fingerprint density at radius 3 is 3.13 bits per heavy atom. The number of anilines is 1. The molecule has 0 aromatic carbocycles. The Labute approximate surface area is 132 Å². The van der Waals surface area contributed by atoms with Gasteiger partial charge in [-0.05, 0) is 18.9 Å². The van der Waals surface area contributed by atoms with Gasteiger partial charge in [0.1, 0.15) is 11.2 Å². The molecular weight excluding hydrogens is 300 g/mol. The van der Waals surface area contributed by atoms with E-state index in [1.807, 2.05) is 0 Å². The fraction of sp³-hybridized carbons (Fsp3) is 0.400. The smallest absolute Gasteiger partial charge is 0.319 e. The molecular formula is C15H18N4O4. The average molecular weight is 318 g/mol. The molecule has 8 nitrogen and oxygen atoms in total. The number of amides is 2. The van der Waals surface area contributed by atoms with Crippen LogP contribution in [0.4, 0.5) is 10.5 Å². The summed E-state index contributed by atoms with van der Waals surface area (Å²) >= 11 is 0.